The van der Waals surface area contributed by atoms with Gasteiger partial charge in [-0.25, -0.2) is 4.90 Å². The van der Waals surface area contributed by atoms with Gasteiger partial charge in [-0.2, -0.15) is 0 Å². The van der Waals surface area contributed by atoms with Gasteiger partial charge in [-0.3, -0.25) is 19.2 Å². The number of carbonyl (C=O) groups excluding carboxylic acids is 4. The molecule has 4 atom stereocenters. The average Bonchev–Trinajstić information content (AvgIpc) is 3.41. The number of imide groups is 1. The molecule has 3 aromatic carbocycles. The first-order chi connectivity index (χ1) is 18.4. The van der Waals surface area contributed by atoms with Crippen LogP contribution >= 0.6 is 0 Å². The molecular formula is C30H25N3O5. The molecule has 3 aromatic rings. The second-order valence-corrected chi connectivity index (χ2v) is 9.67. The number of methoxy groups -OCH3 is 1. The first-order valence-electron chi connectivity index (χ1n) is 12.4. The van der Waals surface area contributed by atoms with Gasteiger partial charge in [-0.15, -0.1) is 0 Å². The minimum atomic E-state index is -0.894. The summed E-state index contributed by atoms with van der Waals surface area (Å²) in [5, 5.41) is 2.93. The summed E-state index contributed by atoms with van der Waals surface area (Å²) in [4.78, 5) is 56.3. The number of rotatable bonds is 5. The third kappa shape index (κ3) is 3.60. The number of anilines is 2. The number of ether oxygens (including phenoxy) is 1. The number of ketones is 1. The van der Waals surface area contributed by atoms with Crippen LogP contribution < -0.4 is 15.0 Å². The van der Waals surface area contributed by atoms with Gasteiger partial charge in [-0.1, -0.05) is 24.3 Å². The zero-order chi connectivity index (χ0) is 26.6. The van der Waals surface area contributed by atoms with E-state index in [-0.39, 0.29) is 17.6 Å². The van der Waals surface area contributed by atoms with Crippen molar-refractivity contribution < 1.29 is 23.9 Å². The van der Waals surface area contributed by atoms with Crippen molar-refractivity contribution in [3.63, 3.8) is 0 Å². The Kier molecular flexibility index (Phi) is 5.60. The molecule has 190 valence electrons. The molecule has 38 heavy (non-hydrogen) atoms. The standard InChI is InChI=1S/C30H25N3O5/c1-17(34)18-7-11-21(12-8-18)33-29(36)24-25(30(33)37)27(28(35)31-20-9-13-22(38-2)14-10-20)32-16-15-19-5-3-4-6-23(19)26(24)32/h3-16,24-27H,1-2H3,(H,31,35)/t24-,25+,26+,27-/m0/s1. The third-order valence-electron chi connectivity index (χ3n) is 7.62. The van der Waals surface area contributed by atoms with Crippen molar-refractivity contribution in [3.8, 4) is 5.75 Å². The van der Waals surface area contributed by atoms with Crippen molar-refractivity contribution in [2.45, 2.75) is 19.0 Å². The number of nitrogens with zero attached hydrogens (tertiary/aromatic N) is 2. The largest absolute Gasteiger partial charge is 0.497 e. The molecule has 0 aliphatic carbocycles. The number of benzene rings is 3. The van der Waals surface area contributed by atoms with E-state index in [9.17, 15) is 19.2 Å². The fourth-order valence-electron chi connectivity index (χ4n) is 5.85. The molecule has 0 bridgehead atoms. The van der Waals surface area contributed by atoms with Crippen molar-refractivity contribution in [1.29, 1.82) is 0 Å². The average molecular weight is 508 g/mol. The van der Waals surface area contributed by atoms with Gasteiger partial charge in [0.15, 0.2) is 5.78 Å². The van der Waals surface area contributed by atoms with Crippen LogP contribution in [0, 0.1) is 11.8 Å². The fourth-order valence-corrected chi connectivity index (χ4v) is 5.85. The lowest BCUT2D eigenvalue weighted by molar-refractivity contribution is -0.128. The summed E-state index contributed by atoms with van der Waals surface area (Å²) in [6.45, 7) is 1.46. The van der Waals surface area contributed by atoms with E-state index < -0.39 is 29.8 Å². The summed E-state index contributed by atoms with van der Waals surface area (Å²) in [7, 11) is 1.56. The van der Waals surface area contributed by atoms with Crippen LogP contribution in [0.1, 0.15) is 34.5 Å². The molecule has 1 N–H and O–H groups in total. The minimum absolute atomic E-state index is 0.107. The normalized spacial score (nSPS) is 23.1. The molecule has 8 heteroatoms. The van der Waals surface area contributed by atoms with E-state index in [4.69, 9.17) is 4.74 Å². The van der Waals surface area contributed by atoms with Gasteiger partial charge in [0.1, 0.15) is 11.8 Å². The zero-order valence-corrected chi connectivity index (χ0v) is 20.8. The third-order valence-corrected chi connectivity index (χ3v) is 7.62. The molecule has 0 saturated carbocycles. The topological polar surface area (TPSA) is 96.0 Å². The highest BCUT2D eigenvalue weighted by Gasteiger charge is 2.64. The van der Waals surface area contributed by atoms with Crippen LogP contribution in [-0.4, -0.2) is 41.6 Å². The molecule has 6 rings (SSSR count). The highest BCUT2D eigenvalue weighted by atomic mass is 16.5. The fraction of sp³-hybridized carbons (Fsp3) is 0.200. The summed E-state index contributed by atoms with van der Waals surface area (Å²) < 4.78 is 5.20. The molecule has 2 fully saturated rings. The molecule has 3 amide bonds. The van der Waals surface area contributed by atoms with Crippen LogP contribution in [0.15, 0.2) is 79.0 Å². The summed E-state index contributed by atoms with van der Waals surface area (Å²) in [6.07, 6.45) is 3.73. The molecule has 0 radical (unpaired) electrons. The molecule has 2 saturated heterocycles. The lowest BCUT2D eigenvalue weighted by Gasteiger charge is -2.35. The van der Waals surface area contributed by atoms with Crippen molar-refractivity contribution in [1.82, 2.24) is 4.90 Å². The van der Waals surface area contributed by atoms with Crippen molar-refractivity contribution in [3.05, 3.63) is 95.7 Å². The Morgan fingerprint density at radius 1 is 0.868 bits per heavy atom. The van der Waals surface area contributed by atoms with E-state index in [0.29, 0.717) is 22.7 Å². The van der Waals surface area contributed by atoms with Gasteiger partial charge in [0.25, 0.3) is 0 Å². The minimum Gasteiger partial charge on any atom is -0.497 e. The highest BCUT2D eigenvalue weighted by molar-refractivity contribution is 6.24. The molecule has 0 spiro atoms. The summed E-state index contributed by atoms with van der Waals surface area (Å²) >= 11 is 0. The maximum absolute atomic E-state index is 13.9. The number of hydrogen-bond acceptors (Lipinski definition) is 6. The first-order valence-corrected chi connectivity index (χ1v) is 12.4. The lowest BCUT2D eigenvalue weighted by Crippen LogP contribution is -2.46. The molecule has 8 nitrogen and oxygen atoms in total. The van der Waals surface area contributed by atoms with Gasteiger partial charge in [-0.05, 0) is 72.7 Å². The van der Waals surface area contributed by atoms with Crippen molar-refractivity contribution >= 4 is 41.0 Å². The molecule has 3 aliphatic heterocycles. The van der Waals surface area contributed by atoms with E-state index in [2.05, 4.69) is 5.32 Å². The van der Waals surface area contributed by atoms with Gasteiger partial charge in [0.2, 0.25) is 17.7 Å². The maximum atomic E-state index is 13.9. The van der Waals surface area contributed by atoms with Gasteiger partial charge in [0.05, 0.1) is 30.7 Å². The predicted molar refractivity (Wildman–Crippen MR) is 141 cm³/mol. The first kappa shape index (κ1) is 23.7. The Bertz CT molecular complexity index is 1500. The SMILES string of the molecule is COc1ccc(NC(=O)[C@@H]2[C@@H]3C(=O)N(c4ccc(C(C)=O)cc4)C(=O)[C@@H]3[C@H]3c4ccccc4C=CN23)cc1. The monoisotopic (exact) mass is 507 g/mol. The van der Waals surface area contributed by atoms with Crippen LogP contribution in [-0.2, 0) is 14.4 Å². The summed E-state index contributed by atoms with van der Waals surface area (Å²) in [5.41, 5.74) is 3.29. The predicted octanol–water partition coefficient (Wildman–Crippen LogP) is 4.05. The van der Waals surface area contributed by atoms with E-state index in [1.165, 1.54) is 11.8 Å². The molecule has 0 aromatic heterocycles. The number of carbonyl (C=O) groups is 4. The Balaban J connectivity index is 1.40. The van der Waals surface area contributed by atoms with E-state index in [0.717, 1.165) is 11.1 Å². The van der Waals surface area contributed by atoms with E-state index >= 15 is 0 Å². The smallest absolute Gasteiger partial charge is 0.247 e. The Hall–Kier alpha value is -4.72. The molecule has 0 unspecified atom stereocenters. The number of nitrogens with one attached hydrogen (secondary N) is 1. The van der Waals surface area contributed by atoms with Crippen molar-refractivity contribution in [2.75, 3.05) is 17.3 Å². The van der Waals surface area contributed by atoms with Crippen molar-refractivity contribution in [2.24, 2.45) is 11.8 Å². The Morgan fingerprint density at radius 3 is 2.24 bits per heavy atom. The number of amides is 3. The molecule has 3 heterocycles. The number of Topliss-reactive ketones (excluding diaryl/α,β-unsaturated/α-hetero) is 1. The van der Waals surface area contributed by atoms with Crippen LogP contribution in [0.3, 0.4) is 0 Å². The quantitative estimate of drug-likeness (QED) is 0.414. The second-order valence-electron chi connectivity index (χ2n) is 9.67. The molecule has 3 aliphatic rings. The van der Waals surface area contributed by atoms with Gasteiger partial charge < -0.3 is 15.0 Å². The lowest BCUT2D eigenvalue weighted by atomic mass is 9.84. The van der Waals surface area contributed by atoms with Crippen LogP contribution in [0.2, 0.25) is 0 Å². The molecular weight excluding hydrogens is 482 g/mol. The van der Waals surface area contributed by atoms with Gasteiger partial charge in [0, 0.05) is 17.5 Å². The highest BCUT2D eigenvalue weighted by Crippen LogP contribution is 2.53. The maximum Gasteiger partial charge on any atom is 0.247 e. The van der Waals surface area contributed by atoms with E-state index in [1.54, 1.807) is 55.6 Å². The Morgan fingerprint density at radius 2 is 1.55 bits per heavy atom. The van der Waals surface area contributed by atoms with E-state index in [1.807, 2.05) is 41.4 Å². The van der Waals surface area contributed by atoms with Crippen LogP contribution in [0.4, 0.5) is 11.4 Å². The zero-order valence-electron chi connectivity index (χ0n) is 20.8. The van der Waals surface area contributed by atoms with Crippen LogP contribution in [0.25, 0.3) is 6.08 Å². The van der Waals surface area contributed by atoms with Crippen LogP contribution in [0.5, 0.6) is 5.75 Å². The number of hydrogen-bond donors (Lipinski definition) is 1. The summed E-state index contributed by atoms with van der Waals surface area (Å²) in [6, 6.07) is 19.7. The van der Waals surface area contributed by atoms with Gasteiger partial charge >= 0.3 is 0 Å². The Labute approximate surface area is 219 Å². The number of fused-ring (bicyclic) bond motifs is 5. The summed E-state index contributed by atoms with van der Waals surface area (Å²) in [5.74, 6) is -2.22. The second kappa shape index (κ2) is 8.99.